The SMILES string of the molecule is O=C(S)CCCc1ccc2c(c1)OCO2. The van der Waals surface area contributed by atoms with Crippen LogP contribution in [0.5, 0.6) is 11.5 Å². The first-order valence-electron chi connectivity index (χ1n) is 4.86. The van der Waals surface area contributed by atoms with Gasteiger partial charge in [-0.15, -0.1) is 12.6 Å². The van der Waals surface area contributed by atoms with Crippen LogP contribution < -0.4 is 9.47 Å². The number of ether oxygens (including phenoxy) is 2. The number of rotatable bonds is 4. The molecule has 1 aromatic rings. The van der Waals surface area contributed by atoms with Crippen LogP contribution in [0.2, 0.25) is 0 Å². The van der Waals surface area contributed by atoms with Crippen molar-refractivity contribution in [2.45, 2.75) is 19.3 Å². The van der Waals surface area contributed by atoms with Crippen LogP contribution in [-0.4, -0.2) is 11.9 Å². The third-order valence-electron chi connectivity index (χ3n) is 2.29. The Morgan fingerprint density at radius 3 is 2.93 bits per heavy atom. The number of hydrogen-bond acceptors (Lipinski definition) is 3. The number of carbonyl (C=O) groups excluding carboxylic acids is 1. The molecule has 1 aromatic carbocycles. The predicted octanol–water partition coefficient (Wildman–Crippen LogP) is 2.19. The Balaban J connectivity index is 1.95. The Morgan fingerprint density at radius 2 is 2.13 bits per heavy atom. The van der Waals surface area contributed by atoms with Gasteiger partial charge in [-0.25, -0.2) is 0 Å². The summed E-state index contributed by atoms with van der Waals surface area (Å²) in [5.41, 5.74) is 1.16. The lowest BCUT2D eigenvalue weighted by molar-refractivity contribution is -0.110. The average molecular weight is 224 g/mol. The fraction of sp³-hybridized carbons (Fsp3) is 0.364. The van der Waals surface area contributed by atoms with E-state index < -0.39 is 0 Å². The molecule has 1 heterocycles. The molecule has 0 atom stereocenters. The largest absolute Gasteiger partial charge is 0.454 e. The maximum Gasteiger partial charge on any atom is 0.231 e. The zero-order valence-corrected chi connectivity index (χ0v) is 9.13. The van der Waals surface area contributed by atoms with E-state index in [1.807, 2.05) is 18.2 Å². The summed E-state index contributed by atoms with van der Waals surface area (Å²) in [6.45, 7) is 0.300. The highest BCUT2D eigenvalue weighted by atomic mass is 32.1. The van der Waals surface area contributed by atoms with Gasteiger partial charge in [0.2, 0.25) is 6.79 Å². The molecule has 3 nitrogen and oxygen atoms in total. The third-order valence-corrected chi connectivity index (χ3v) is 2.52. The van der Waals surface area contributed by atoms with Crippen molar-refractivity contribution in [3.63, 3.8) is 0 Å². The fourth-order valence-corrected chi connectivity index (χ4v) is 1.70. The Kier molecular flexibility index (Phi) is 3.16. The van der Waals surface area contributed by atoms with Crippen molar-refractivity contribution in [2.75, 3.05) is 6.79 Å². The van der Waals surface area contributed by atoms with Crippen molar-refractivity contribution in [2.24, 2.45) is 0 Å². The van der Waals surface area contributed by atoms with E-state index in [0.29, 0.717) is 13.2 Å². The average Bonchev–Trinajstić information content (AvgIpc) is 2.64. The smallest absolute Gasteiger partial charge is 0.231 e. The highest BCUT2D eigenvalue weighted by Crippen LogP contribution is 2.32. The standard InChI is InChI=1S/C11H12O3S/c12-11(15)3-1-2-8-4-5-9-10(6-8)14-7-13-9/h4-6H,1-3,7H2,(H,12,15). The molecule has 0 N–H and O–H groups in total. The van der Waals surface area contributed by atoms with Crippen LogP contribution in [0.1, 0.15) is 18.4 Å². The zero-order valence-electron chi connectivity index (χ0n) is 8.23. The van der Waals surface area contributed by atoms with Gasteiger partial charge in [0.1, 0.15) is 0 Å². The van der Waals surface area contributed by atoms with E-state index in [1.54, 1.807) is 0 Å². The number of carbonyl (C=O) groups is 1. The van der Waals surface area contributed by atoms with Gasteiger partial charge in [0, 0.05) is 6.42 Å². The van der Waals surface area contributed by atoms with E-state index in [4.69, 9.17) is 9.47 Å². The van der Waals surface area contributed by atoms with Gasteiger partial charge in [-0.2, -0.15) is 0 Å². The Bertz CT molecular complexity index is 376. The van der Waals surface area contributed by atoms with Crippen molar-refractivity contribution < 1.29 is 14.3 Å². The van der Waals surface area contributed by atoms with E-state index in [2.05, 4.69) is 12.6 Å². The maximum atomic E-state index is 10.6. The molecule has 1 aliphatic rings. The van der Waals surface area contributed by atoms with Crippen LogP contribution in [0.4, 0.5) is 0 Å². The molecule has 0 saturated heterocycles. The van der Waals surface area contributed by atoms with Crippen molar-refractivity contribution in [3.05, 3.63) is 23.8 Å². The summed E-state index contributed by atoms with van der Waals surface area (Å²) < 4.78 is 10.5. The molecule has 4 heteroatoms. The predicted molar refractivity (Wildman–Crippen MR) is 59.5 cm³/mol. The van der Waals surface area contributed by atoms with E-state index in [0.717, 1.165) is 29.9 Å². The summed E-state index contributed by atoms with van der Waals surface area (Å²) in [5.74, 6) is 1.59. The topological polar surface area (TPSA) is 35.5 Å². The van der Waals surface area contributed by atoms with Crippen molar-refractivity contribution in [1.29, 1.82) is 0 Å². The normalized spacial score (nSPS) is 12.9. The first-order chi connectivity index (χ1) is 7.25. The van der Waals surface area contributed by atoms with Crippen LogP contribution in [0.3, 0.4) is 0 Å². The first kappa shape index (κ1) is 10.4. The summed E-state index contributed by atoms with van der Waals surface area (Å²) in [5, 5.41) is -0.0595. The molecule has 0 aromatic heterocycles. The first-order valence-corrected chi connectivity index (χ1v) is 5.31. The molecule has 0 unspecified atom stereocenters. The van der Waals surface area contributed by atoms with Crippen molar-refractivity contribution >= 4 is 17.7 Å². The minimum Gasteiger partial charge on any atom is -0.454 e. The molecule has 0 spiro atoms. The molecule has 0 radical (unpaired) electrons. The number of fused-ring (bicyclic) bond motifs is 1. The Morgan fingerprint density at radius 1 is 1.33 bits per heavy atom. The minimum absolute atomic E-state index is 0.0595. The maximum absolute atomic E-state index is 10.6. The lowest BCUT2D eigenvalue weighted by atomic mass is 10.1. The lowest BCUT2D eigenvalue weighted by Crippen LogP contribution is -1.93. The van der Waals surface area contributed by atoms with E-state index >= 15 is 0 Å². The van der Waals surface area contributed by atoms with Crippen LogP contribution in [0.15, 0.2) is 18.2 Å². The Labute approximate surface area is 93.8 Å². The van der Waals surface area contributed by atoms with Gasteiger partial charge in [0.15, 0.2) is 16.6 Å². The lowest BCUT2D eigenvalue weighted by Gasteiger charge is -2.01. The zero-order chi connectivity index (χ0) is 10.7. The van der Waals surface area contributed by atoms with Gasteiger partial charge >= 0.3 is 0 Å². The second-order valence-electron chi connectivity index (χ2n) is 3.43. The molecule has 0 aliphatic carbocycles. The van der Waals surface area contributed by atoms with Crippen molar-refractivity contribution in [1.82, 2.24) is 0 Å². The summed E-state index contributed by atoms with van der Waals surface area (Å²) in [4.78, 5) is 10.6. The molecule has 2 rings (SSSR count). The highest BCUT2D eigenvalue weighted by Gasteiger charge is 2.12. The number of benzene rings is 1. The Hall–Kier alpha value is -1.16. The molecule has 0 saturated carbocycles. The molecule has 15 heavy (non-hydrogen) atoms. The summed E-state index contributed by atoms with van der Waals surface area (Å²) in [7, 11) is 0. The van der Waals surface area contributed by atoms with Gasteiger partial charge in [0.05, 0.1) is 0 Å². The van der Waals surface area contributed by atoms with Crippen LogP contribution in [-0.2, 0) is 11.2 Å². The van der Waals surface area contributed by atoms with Gasteiger partial charge in [-0.1, -0.05) is 6.07 Å². The van der Waals surface area contributed by atoms with Gasteiger partial charge in [-0.3, -0.25) is 4.79 Å². The molecular formula is C11H12O3S. The summed E-state index contributed by atoms with van der Waals surface area (Å²) in [6, 6.07) is 5.86. The highest BCUT2D eigenvalue weighted by molar-refractivity contribution is 7.96. The summed E-state index contributed by atoms with van der Waals surface area (Å²) >= 11 is 3.73. The molecular weight excluding hydrogens is 212 g/mol. The molecule has 80 valence electrons. The van der Waals surface area contributed by atoms with Crippen LogP contribution in [0, 0.1) is 0 Å². The molecule has 0 amide bonds. The minimum atomic E-state index is -0.0595. The number of aryl methyl sites for hydroxylation is 1. The second-order valence-corrected chi connectivity index (χ2v) is 3.93. The monoisotopic (exact) mass is 224 g/mol. The van der Waals surface area contributed by atoms with Gasteiger partial charge < -0.3 is 9.47 Å². The van der Waals surface area contributed by atoms with Gasteiger partial charge in [-0.05, 0) is 30.5 Å². The quantitative estimate of drug-likeness (QED) is 0.796. The fourth-order valence-electron chi connectivity index (χ4n) is 1.54. The number of hydrogen-bond donors (Lipinski definition) is 1. The van der Waals surface area contributed by atoms with E-state index in [9.17, 15) is 4.79 Å². The number of thiol groups is 1. The third kappa shape index (κ3) is 2.65. The second kappa shape index (κ2) is 4.57. The van der Waals surface area contributed by atoms with E-state index in [-0.39, 0.29) is 5.12 Å². The molecule has 1 aliphatic heterocycles. The van der Waals surface area contributed by atoms with Crippen molar-refractivity contribution in [3.8, 4) is 11.5 Å². The van der Waals surface area contributed by atoms with Crippen LogP contribution >= 0.6 is 12.6 Å². The van der Waals surface area contributed by atoms with Gasteiger partial charge in [0.25, 0.3) is 0 Å². The molecule has 0 fully saturated rings. The summed E-state index contributed by atoms with van der Waals surface area (Å²) in [6.07, 6.45) is 2.20. The van der Waals surface area contributed by atoms with E-state index in [1.165, 1.54) is 0 Å². The molecule has 0 bridgehead atoms. The van der Waals surface area contributed by atoms with Crippen LogP contribution in [0.25, 0.3) is 0 Å².